The first-order valence-corrected chi connectivity index (χ1v) is 13.6. The Morgan fingerprint density at radius 3 is 2.68 bits per heavy atom. The second-order valence-corrected chi connectivity index (χ2v) is 10.5. The number of carbonyl (C=O) groups excluding carboxylic acids is 1. The first kappa shape index (κ1) is 28.4. The number of hydrogen-bond donors (Lipinski definition) is 2. The summed E-state index contributed by atoms with van der Waals surface area (Å²) in [7, 11) is 3.30. The van der Waals surface area contributed by atoms with Gasteiger partial charge in [-0.15, -0.1) is 0 Å². The molecule has 1 aliphatic heterocycles. The van der Waals surface area contributed by atoms with Crippen molar-refractivity contribution in [3.63, 3.8) is 0 Å². The second kappa shape index (κ2) is 12.2. The largest absolute Gasteiger partial charge is 0.383 e. The lowest BCUT2D eigenvalue weighted by atomic mass is 9.94. The highest BCUT2D eigenvalue weighted by molar-refractivity contribution is 5.90. The summed E-state index contributed by atoms with van der Waals surface area (Å²) in [6.07, 6.45) is 10.3. The average molecular weight is 565 g/mol. The van der Waals surface area contributed by atoms with Gasteiger partial charge in [0.25, 0.3) is 5.56 Å². The zero-order valence-electron chi connectivity index (χ0n) is 23.3. The van der Waals surface area contributed by atoms with Gasteiger partial charge in [-0.05, 0) is 37.1 Å². The van der Waals surface area contributed by atoms with Gasteiger partial charge in [-0.1, -0.05) is 30.4 Å². The third-order valence-electron chi connectivity index (χ3n) is 7.72. The molecule has 1 aromatic carbocycles. The molecule has 5 rings (SSSR count). The number of anilines is 1. The molecule has 1 aliphatic carbocycles. The lowest BCUT2D eigenvalue weighted by Gasteiger charge is -2.22. The molecule has 9 nitrogen and oxygen atoms in total. The molecule has 3 heterocycles. The Bertz CT molecular complexity index is 1550. The lowest BCUT2D eigenvalue weighted by molar-refractivity contribution is 0.159. The van der Waals surface area contributed by atoms with Crippen molar-refractivity contribution in [3.05, 3.63) is 93.9 Å². The number of aromatic nitrogens is 3. The quantitative estimate of drug-likeness (QED) is 0.429. The highest BCUT2D eigenvalue weighted by Gasteiger charge is 2.35. The third-order valence-corrected chi connectivity index (χ3v) is 7.72. The predicted octanol–water partition coefficient (Wildman–Crippen LogP) is 4.13. The normalized spacial score (nSPS) is 20.5. The van der Waals surface area contributed by atoms with Crippen LogP contribution in [0.3, 0.4) is 0 Å². The van der Waals surface area contributed by atoms with Gasteiger partial charge in [0.1, 0.15) is 5.82 Å². The standard InChI is InChI=1S/C30H34F2N6O3/c1-19-28(21-11-12-36(2)27(39)16-21)35-38(22-7-5-4-6-8-22)29(19)34-30(40)33-26-18-37(13-14-41-3)17-23(26)20-9-10-24(31)25(32)15-20/h4-7,9-12,15-16,22-23,26H,8,13-14,17-18H2,1-3H3,(H2,33,34,40)/t22?,23-,26+/m0/s1. The number of ether oxygens (including phenoxy) is 1. The molecule has 3 atom stereocenters. The van der Waals surface area contributed by atoms with Gasteiger partial charge in [0.2, 0.25) is 0 Å². The summed E-state index contributed by atoms with van der Waals surface area (Å²) in [5, 5.41) is 10.9. The zero-order valence-corrected chi connectivity index (χ0v) is 23.3. The fraction of sp³-hybridized carbons (Fsp3) is 0.367. The van der Waals surface area contributed by atoms with Crippen molar-refractivity contribution in [3.8, 4) is 11.3 Å². The Morgan fingerprint density at radius 1 is 1.15 bits per heavy atom. The maximum atomic E-state index is 14.1. The molecule has 1 fully saturated rings. The van der Waals surface area contributed by atoms with E-state index in [0.717, 1.165) is 11.6 Å². The van der Waals surface area contributed by atoms with Gasteiger partial charge in [0.05, 0.1) is 24.4 Å². The number of amides is 2. The minimum Gasteiger partial charge on any atom is -0.383 e. The number of methoxy groups -OCH3 is 1. The van der Waals surface area contributed by atoms with E-state index in [4.69, 9.17) is 9.84 Å². The molecule has 0 bridgehead atoms. The van der Waals surface area contributed by atoms with Crippen LogP contribution in [0.1, 0.15) is 29.5 Å². The number of halogens is 2. The minimum atomic E-state index is -0.918. The van der Waals surface area contributed by atoms with E-state index in [1.54, 1.807) is 31.1 Å². The van der Waals surface area contributed by atoms with Crippen LogP contribution in [0.25, 0.3) is 11.3 Å². The monoisotopic (exact) mass is 564 g/mol. The van der Waals surface area contributed by atoms with Crippen molar-refractivity contribution in [2.24, 2.45) is 7.05 Å². The molecule has 1 unspecified atom stereocenters. The van der Waals surface area contributed by atoms with E-state index in [1.807, 2.05) is 37.3 Å². The van der Waals surface area contributed by atoms with Crippen LogP contribution in [0, 0.1) is 18.6 Å². The number of allylic oxidation sites excluding steroid dienone is 4. The minimum absolute atomic E-state index is 0.125. The van der Waals surface area contributed by atoms with Gasteiger partial charge in [-0.3, -0.25) is 15.0 Å². The van der Waals surface area contributed by atoms with E-state index in [2.05, 4.69) is 15.5 Å². The number of rotatable bonds is 8. The van der Waals surface area contributed by atoms with Gasteiger partial charge >= 0.3 is 6.03 Å². The molecule has 2 aromatic heterocycles. The topological polar surface area (TPSA) is 93.4 Å². The molecule has 2 N–H and O–H groups in total. The highest BCUT2D eigenvalue weighted by Crippen LogP contribution is 2.33. The number of pyridine rings is 1. The summed E-state index contributed by atoms with van der Waals surface area (Å²) >= 11 is 0. The molecule has 1 saturated heterocycles. The molecular weight excluding hydrogens is 530 g/mol. The van der Waals surface area contributed by atoms with E-state index in [9.17, 15) is 18.4 Å². The summed E-state index contributed by atoms with van der Waals surface area (Å²) in [6, 6.07) is 6.31. The van der Waals surface area contributed by atoms with Crippen LogP contribution in [0.5, 0.6) is 0 Å². The number of nitrogens with one attached hydrogen (secondary N) is 2. The number of urea groups is 1. The van der Waals surface area contributed by atoms with Crippen LogP contribution in [0.2, 0.25) is 0 Å². The molecule has 3 aromatic rings. The van der Waals surface area contributed by atoms with E-state index in [1.165, 1.54) is 16.7 Å². The molecule has 0 saturated carbocycles. The van der Waals surface area contributed by atoms with E-state index >= 15 is 0 Å². The van der Waals surface area contributed by atoms with Crippen LogP contribution < -0.4 is 16.2 Å². The van der Waals surface area contributed by atoms with Crippen molar-refractivity contribution >= 4 is 11.8 Å². The summed E-state index contributed by atoms with van der Waals surface area (Å²) < 4.78 is 36.2. The van der Waals surface area contributed by atoms with Crippen molar-refractivity contribution in [1.82, 2.24) is 24.6 Å². The summed E-state index contributed by atoms with van der Waals surface area (Å²) in [4.78, 5) is 28.0. The van der Waals surface area contributed by atoms with Gasteiger partial charge in [0.15, 0.2) is 11.6 Å². The second-order valence-electron chi connectivity index (χ2n) is 10.5. The summed E-state index contributed by atoms with van der Waals surface area (Å²) in [5.74, 6) is -1.56. The molecule has 41 heavy (non-hydrogen) atoms. The van der Waals surface area contributed by atoms with Gasteiger partial charge in [0, 0.05) is 63.1 Å². The fourth-order valence-corrected chi connectivity index (χ4v) is 5.45. The van der Waals surface area contributed by atoms with E-state index < -0.39 is 17.7 Å². The number of carbonyl (C=O) groups is 1. The number of benzene rings is 1. The average Bonchev–Trinajstić information content (AvgIpc) is 3.51. The number of likely N-dealkylation sites (tertiary alicyclic amines) is 1. The molecular formula is C30H34F2N6O3. The molecule has 0 spiro atoms. The molecule has 0 radical (unpaired) electrons. The summed E-state index contributed by atoms with van der Waals surface area (Å²) in [6.45, 7) is 4.09. The molecule has 2 aliphatic rings. The molecule has 11 heteroatoms. The SMILES string of the molecule is COCCN1C[C@@H](NC(=O)Nc2c(C)c(-c3ccn(C)c(=O)c3)nn2C2C=CC=CC2)[C@H](c2ccc(F)c(F)c2)C1. The van der Waals surface area contributed by atoms with E-state index in [-0.39, 0.29) is 23.6 Å². The smallest absolute Gasteiger partial charge is 0.320 e. The number of nitrogens with zero attached hydrogens (tertiary/aromatic N) is 4. The fourth-order valence-electron chi connectivity index (χ4n) is 5.45. The zero-order chi connectivity index (χ0) is 29.1. The van der Waals surface area contributed by atoms with Crippen LogP contribution >= 0.6 is 0 Å². The van der Waals surface area contributed by atoms with Crippen molar-refractivity contribution < 1.29 is 18.3 Å². The molecule has 2 amide bonds. The highest BCUT2D eigenvalue weighted by atomic mass is 19.2. The maximum Gasteiger partial charge on any atom is 0.320 e. The Kier molecular flexibility index (Phi) is 8.46. The molecule has 216 valence electrons. The van der Waals surface area contributed by atoms with Crippen molar-refractivity contribution in [2.75, 3.05) is 38.7 Å². The Labute approximate surface area is 237 Å². The first-order chi connectivity index (χ1) is 19.7. The number of hydrogen-bond acceptors (Lipinski definition) is 5. The Balaban J connectivity index is 1.42. The van der Waals surface area contributed by atoms with E-state index in [0.29, 0.717) is 55.3 Å². The lowest BCUT2D eigenvalue weighted by Crippen LogP contribution is -2.42. The van der Waals surface area contributed by atoms with Gasteiger partial charge in [-0.25, -0.2) is 18.3 Å². The summed E-state index contributed by atoms with van der Waals surface area (Å²) in [5.41, 5.74) is 2.44. The van der Waals surface area contributed by atoms with Crippen LogP contribution in [0.4, 0.5) is 19.4 Å². The number of aryl methyl sites for hydroxylation is 1. The van der Waals surface area contributed by atoms with Crippen molar-refractivity contribution in [1.29, 1.82) is 0 Å². The van der Waals surface area contributed by atoms with Crippen molar-refractivity contribution in [2.45, 2.75) is 31.3 Å². The van der Waals surface area contributed by atoms with Gasteiger partial charge in [-0.2, -0.15) is 5.10 Å². The Morgan fingerprint density at radius 2 is 1.98 bits per heavy atom. The first-order valence-electron chi connectivity index (χ1n) is 13.6. The predicted molar refractivity (Wildman–Crippen MR) is 153 cm³/mol. The van der Waals surface area contributed by atoms with Crippen LogP contribution in [-0.2, 0) is 11.8 Å². The van der Waals surface area contributed by atoms with Crippen LogP contribution in [0.15, 0.2) is 65.6 Å². The Hall–Kier alpha value is -4.09. The van der Waals surface area contributed by atoms with Crippen LogP contribution in [-0.4, -0.2) is 64.7 Å². The van der Waals surface area contributed by atoms with Gasteiger partial charge < -0.3 is 14.6 Å². The third kappa shape index (κ3) is 6.15. The maximum absolute atomic E-state index is 14.1.